The number of β-lactam (4-membered cyclic amide) rings is 1. The number of thiol groups is 1. The van der Waals surface area contributed by atoms with Gasteiger partial charge in [0.25, 0.3) is 11.8 Å². The number of hydrogen-bond acceptors (Lipinski definition) is 10. The van der Waals surface area contributed by atoms with E-state index in [1.165, 1.54) is 23.8 Å². The van der Waals surface area contributed by atoms with Crippen LogP contribution in [0.2, 0.25) is 0 Å². The van der Waals surface area contributed by atoms with Gasteiger partial charge in [0.1, 0.15) is 29.9 Å². The van der Waals surface area contributed by atoms with Gasteiger partial charge in [0.05, 0.1) is 0 Å². The van der Waals surface area contributed by atoms with E-state index < -0.39 is 29.2 Å². The standard InChI is InChI=1S/C14H15N5O5S3/c1-24-18-7(6-4-27-14(15)16-6)10(20)17-8-11(21)19-9(13(22)23)5(2-25)3-26-12(8)19/h4,8,12,25H,2-3H2,1H3,(H2,15,16)(H,17,20)(H,22,23)/b18-7-/t8-,12-/m0/s1. The smallest absolute Gasteiger partial charge is 0.352 e. The molecule has 27 heavy (non-hydrogen) atoms. The Balaban J connectivity index is 1.79. The van der Waals surface area contributed by atoms with Crippen LogP contribution in [0.5, 0.6) is 0 Å². The molecule has 0 radical (unpaired) electrons. The number of thioether (sulfide) groups is 1. The van der Waals surface area contributed by atoms with E-state index in [-0.39, 0.29) is 28.0 Å². The van der Waals surface area contributed by atoms with Crippen molar-refractivity contribution in [1.82, 2.24) is 15.2 Å². The monoisotopic (exact) mass is 429 g/mol. The molecule has 0 spiro atoms. The minimum absolute atomic E-state index is 0.0673. The number of aromatic nitrogens is 1. The highest BCUT2D eigenvalue weighted by atomic mass is 32.2. The predicted molar refractivity (Wildman–Crippen MR) is 104 cm³/mol. The number of aliphatic carboxylic acids is 1. The van der Waals surface area contributed by atoms with Gasteiger partial charge in [-0.2, -0.15) is 12.6 Å². The number of nitrogen functional groups attached to an aromatic ring is 1. The Morgan fingerprint density at radius 3 is 2.89 bits per heavy atom. The largest absolute Gasteiger partial charge is 0.477 e. The third-order valence-electron chi connectivity index (χ3n) is 3.89. The van der Waals surface area contributed by atoms with Gasteiger partial charge in [0.2, 0.25) is 0 Å². The minimum Gasteiger partial charge on any atom is -0.477 e. The summed E-state index contributed by atoms with van der Waals surface area (Å²) in [5.41, 5.74) is 6.17. The lowest BCUT2D eigenvalue weighted by atomic mass is 10.0. The number of nitrogens with zero attached hydrogens (tertiary/aromatic N) is 3. The average Bonchev–Trinajstić information content (AvgIpc) is 3.08. The number of fused-ring (bicyclic) bond motifs is 1. The van der Waals surface area contributed by atoms with Crippen LogP contribution in [0.25, 0.3) is 0 Å². The Hall–Kier alpha value is -2.25. The Morgan fingerprint density at radius 1 is 1.59 bits per heavy atom. The maximum Gasteiger partial charge on any atom is 0.352 e. The molecular formula is C14H15N5O5S3. The van der Waals surface area contributed by atoms with Crippen molar-refractivity contribution in [2.45, 2.75) is 11.4 Å². The van der Waals surface area contributed by atoms with E-state index in [1.54, 1.807) is 5.38 Å². The van der Waals surface area contributed by atoms with Gasteiger partial charge < -0.3 is 21.0 Å². The number of carboxylic acid groups (broad SMARTS) is 1. The van der Waals surface area contributed by atoms with E-state index in [0.717, 1.165) is 11.3 Å². The van der Waals surface area contributed by atoms with E-state index in [4.69, 9.17) is 5.73 Å². The third kappa shape index (κ3) is 3.49. The highest BCUT2D eigenvalue weighted by molar-refractivity contribution is 8.00. The van der Waals surface area contributed by atoms with Crippen LogP contribution in [-0.2, 0) is 19.2 Å². The van der Waals surface area contributed by atoms with E-state index in [0.29, 0.717) is 11.3 Å². The van der Waals surface area contributed by atoms with Crippen LogP contribution in [0.4, 0.5) is 5.13 Å². The number of carboxylic acids is 1. The fourth-order valence-electron chi connectivity index (χ4n) is 2.71. The first-order chi connectivity index (χ1) is 12.9. The molecule has 0 aliphatic carbocycles. The first-order valence-electron chi connectivity index (χ1n) is 7.53. The van der Waals surface area contributed by atoms with Gasteiger partial charge in [0.15, 0.2) is 10.8 Å². The number of amides is 2. The van der Waals surface area contributed by atoms with Crippen LogP contribution < -0.4 is 11.1 Å². The third-order valence-corrected chi connectivity index (χ3v) is 6.28. The SMILES string of the molecule is CO/N=C(\C(=O)N[C@H]1C(=O)N2C(C(=O)O)=C(CS)CS[C@@H]12)c1csc(N)n1. The van der Waals surface area contributed by atoms with Crippen LogP contribution in [0.1, 0.15) is 5.69 Å². The van der Waals surface area contributed by atoms with Crippen LogP contribution in [0, 0.1) is 0 Å². The van der Waals surface area contributed by atoms with Gasteiger partial charge >= 0.3 is 5.97 Å². The molecule has 2 atom stereocenters. The quantitative estimate of drug-likeness (QED) is 0.209. The number of carbonyl (C=O) groups is 3. The Bertz CT molecular complexity index is 867. The summed E-state index contributed by atoms with van der Waals surface area (Å²) in [6.07, 6.45) is 0. The highest BCUT2D eigenvalue weighted by Crippen LogP contribution is 2.40. The number of nitrogens with two attached hydrogens (primary N) is 1. The Kier molecular flexibility index (Phi) is 5.62. The molecule has 3 rings (SSSR count). The van der Waals surface area contributed by atoms with Gasteiger partial charge in [-0.05, 0) is 5.57 Å². The van der Waals surface area contributed by atoms with Crippen molar-refractivity contribution < 1.29 is 24.3 Å². The van der Waals surface area contributed by atoms with Gasteiger partial charge in [-0.3, -0.25) is 14.5 Å². The zero-order chi connectivity index (χ0) is 19.7. The van der Waals surface area contributed by atoms with Gasteiger partial charge in [-0.1, -0.05) is 5.16 Å². The topological polar surface area (TPSA) is 147 Å². The van der Waals surface area contributed by atoms with Crippen molar-refractivity contribution >= 4 is 64.4 Å². The molecule has 4 N–H and O–H groups in total. The molecule has 0 unspecified atom stereocenters. The predicted octanol–water partition coefficient (Wildman–Crippen LogP) is -0.256. The number of nitrogens with one attached hydrogen (secondary N) is 1. The molecule has 10 nitrogen and oxygen atoms in total. The normalized spacial score (nSPS) is 22.2. The first-order valence-corrected chi connectivity index (χ1v) is 10.1. The molecule has 0 bridgehead atoms. The molecule has 0 saturated carbocycles. The lowest BCUT2D eigenvalue weighted by molar-refractivity contribution is -0.150. The van der Waals surface area contributed by atoms with Crippen molar-refractivity contribution in [1.29, 1.82) is 0 Å². The molecule has 1 aromatic heterocycles. The summed E-state index contributed by atoms with van der Waals surface area (Å²) >= 11 is 6.62. The molecule has 2 amide bonds. The second-order valence-electron chi connectivity index (χ2n) is 5.47. The van der Waals surface area contributed by atoms with Crippen LogP contribution in [-0.4, -0.2) is 68.5 Å². The lowest BCUT2D eigenvalue weighted by Crippen LogP contribution is -2.71. The number of rotatable bonds is 6. The van der Waals surface area contributed by atoms with Crippen molar-refractivity contribution in [2.24, 2.45) is 5.16 Å². The van der Waals surface area contributed by atoms with Crippen LogP contribution in [0.3, 0.4) is 0 Å². The summed E-state index contributed by atoms with van der Waals surface area (Å²) in [6.45, 7) is 0. The summed E-state index contributed by atoms with van der Waals surface area (Å²) in [5, 5.41) is 16.9. The number of oxime groups is 1. The van der Waals surface area contributed by atoms with Crippen molar-refractivity contribution in [2.75, 3.05) is 24.3 Å². The summed E-state index contributed by atoms with van der Waals surface area (Å²) in [5.74, 6) is -1.72. The molecule has 0 aromatic carbocycles. The molecule has 3 heterocycles. The second kappa shape index (κ2) is 7.78. The van der Waals surface area contributed by atoms with Crippen molar-refractivity contribution in [3.05, 3.63) is 22.3 Å². The number of thiazole rings is 1. The zero-order valence-electron chi connectivity index (χ0n) is 13.9. The van der Waals surface area contributed by atoms with Crippen LogP contribution >= 0.6 is 35.7 Å². The summed E-state index contributed by atoms with van der Waals surface area (Å²) < 4.78 is 0. The first kappa shape index (κ1) is 19.5. The Morgan fingerprint density at radius 2 is 2.33 bits per heavy atom. The molecule has 2 aliphatic rings. The molecule has 2 aliphatic heterocycles. The van der Waals surface area contributed by atoms with Crippen LogP contribution in [0.15, 0.2) is 21.8 Å². The summed E-state index contributed by atoms with van der Waals surface area (Å²) in [7, 11) is 1.28. The highest BCUT2D eigenvalue weighted by Gasteiger charge is 2.54. The lowest BCUT2D eigenvalue weighted by Gasteiger charge is -2.49. The zero-order valence-corrected chi connectivity index (χ0v) is 16.4. The van der Waals surface area contributed by atoms with Gasteiger partial charge in [0, 0.05) is 16.9 Å². The van der Waals surface area contributed by atoms with Gasteiger partial charge in [-0.25, -0.2) is 9.78 Å². The minimum atomic E-state index is -1.19. The number of carbonyl (C=O) groups excluding carboxylic acids is 2. The van der Waals surface area contributed by atoms with E-state index in [9.17, 15) is 19.5 Å². The van der Waals surface area contributed by atoms with E-state index in [2.05, 4.69) is 32.9 Å². The summed E-state index contributed by atoms with van der Waals surface area (Å²) in [6, 6.07) is -0.878. The molecule has 1 aromatic rings. The second-order valence-corrected chi connectivity index (χ2v) is 7.78. The molecule has 13 heteroatoms. The van der Waals surface area contributed by atoms with E-state index >= 15 is 0 Å². The van der Waals surface area contributed by atoms with Crippen molar-refractivity contribution in [3.8, 4) is 0 Å². The maximum atomic E-state index is 12.6. The molecule has 144 valence electrons. The fourth-order valence-corrected chi connectivity index (χ4v) is 5.01. The summed E-state index contributed by atoms with van der Waals surface area (Å²) in [4.78, 5) is 46.5. The molecule has 1 fully saturated rings. The Labute approximate surface area is 167 Å². The number of hydrogen-bond donors (Lipinski definition) is 4. The maximum absolute atomic E-state index is 12.6. The van der Waals surface area contributed by atoms with Crippen molar-refractivity contribution in [3.63, 3.8) is 0 Å². The fraction of sp³-hybridized carbons (Fsp3) is 0.357. The average molecular weight is 430 g/mol. The molecular weight excluding hydrogens is 414 g/mol. The molecule has 1 saturated heterocycles. The number of anilines is 1. The van der Waals surface area contributed by atoms with Gasteiger partial charge in [-0.15, -0.1) is 23.1 Å². The van der Waals surface area contributed by atoms with E-state index in [1.807, 2.05) is 0 Å².